The number of imide groups is 1. The largest absolute Gasteiger partial charge is 0.468 e. The number of nitrogens with zero attached hydrogens (tertiary/aromatic N) is 6. The van der Waals surface area contributed by atoms with Gasteiger partial charge in [0.1, 0.15) is 18.4 Å². The van der Waals surface area contributed by atoms with E-state index in [1.807, 2.05) is 13.1 Å². The molecule has 2 saturated heterocycles. The summed E-state index contributed by atoms with van der Waals surface area (Å²) in [6, 6.07) is -1.34. The van der Waals surface area contributed by atoms with Crippen molar-refractivity contribution in [3.05, 3.63) is 11.9 Å². The van der Waals surface area contributed by atoms with Crippen LogP contribution in [0.15, 0.2) is 11.2 Å². The third-order valence-electron chi connectivity index (χ3n) is 5.80. The summed E-state index contributed by atoms with van der Waals surface area (Å²) in [5.41, 5.74) is 0.988. The van der Waals surface area contributed by atoms with Crippen molar-refractivity contribution in [2.75, 3.05) is 53.6 Å². The molecule has 11 nitrogen and oxygen atoms in total. The average Bonchev–Trinajstić information content (AvgIpc) is 3.26. The molecule has 4 rings (SSSR count). The van der Waals surface area contributed by atoms with E-state index in [2.05, 4.69) is 19.2 Å². The molecule has 0 aromatic carbocycles. The predicted molar refractivity (Wildman–Crippen MR) is 104 cm³/mol. The van der Waals surface area contributed by atoms with E-state index in [9.17, 15) is 14.4 Å². The second-order valence-electron chi connectivity index (χ2n) is 7.65. The van der Waals surface area contributed by atoms with E-state index in [-0.39, 0.29) is 0 Å². The van der Waals surface area contributed by atoms with Crippen LogP contribution in [0.5, 0.6) is 0 Å². The number of hydrogen-bond donors (Lipinski definition) is 0. The number of amidine groups is 1. The lowest BCUT2D eigenvalue weighted by molar-refractivity contribution is -0.677. The fraction of sp³-hybridized carbons (Fsp3) is 0.632. The van der Waals surface area contributed by atoms with Gasteiger partial charge in [0.05, 0.1) is 26.9 Å². The Balaban J connectivity index is 1.54. The average molecular weight is 419 g/mol. The number of fused-ring (bicyclic) bond motifs is 3. The zero-order valence-corrected chi connectivity index (χ0v) is 17.5. The van der Waals surface area contributed by atoms with Gasteiger partial charge in [-0.25, -0.2) is 18.8 Å². The predicted octanol–water partition coefficient (Wildman–Crippen LogP) is -0.542. The third kappa shape index (κ3) is 3.47. The van der Waals surface area contributed by atoms with Crippen LogP contribution in [-0.4, -0.2) is 96.6 Å². The summed E-state index contributed by atoms with van der Waals surface area (Å²) in [6.45, 7) is 6.71. The van der Waals surface area contributed by atoms with E-state index < -0.39 is 30.5 Å². The van der Waals surface area contributed by atoms with Gasteiger partial charge >= 0.3 is 17.9 Å². The molecule has 30 heavy (non-hydrogen) atoms. The SMILES string of the molecule is COC(=O)CN1C(=O)C2C(=Nc3n(CCCN4CCOCC4)c(C)c[n+]32)N(C)C1=O. The Hall–Kier alpha value is -2.79. The first kappa shape index (κ1) is 20.5. The van der Waals surface area contributed by atoms with Gasteiger partial charge in [-0.2, -0.15) is 0 Å². The second-order valence-corrected chi connectivity index (χ2v) is 7.65. The van der Waals surface area contributed by atoms with Crippen LogP contribution in [0.4, 0.5) is 10.7 Å². The lowest BCUT2D eigenvalue weighted by Crippen LogP contribution is -2.63. The van der Waals surface area contributed by atoms with Crippen molar-refractivity contribution in [1.82, 2.24) is 19.3 Å². The molecule has 0 saturated carbocycles. The maximum atomic E-state index is 13.1. The van der Waals surface area contributed by atoms with Crippen LogP contribution in [0.1, 0.15) is 18.2 Å². The van der Waals surface area contributed by atoms with Gasteiger partial charge in [-0.15, -0.1) is 0 Å². The van der Waals surface area contributed by atoms with E-state index >= 15 is 0 Å². The van der Waals surface area contributed by atoms with Gasteiger partial charge < -0.3 is 9.47 Å². The Morgan fingerprint density at radius 3 is 2.73 bits per heavy atom. The van der Waals surface area contributed by atoms with Crippen LogP contribution in [-0.2, 0) is 25.6 Å². The summed E-state index contributed by atoms with van der Waals surface area (Å²) in [7, 11) is 2.79. The van der Waals surface area contributed by atoms with E-state index in [4.69, 9.17) is 4.74 Å². The number of imidazole rings is 1. The summed E-state index contributed by atoms with van der Waals surface area (Å²) in [6.07, 6.45) is 2.82. The number of carbonyl (C=O) groups excluding carboxylic acids is 3. The molecule has 0 aliphatic carbocycles. The summed E-state index contributed by atoms with van der Waals surface area (Å²) < 4.78 is 13.9. The quantitative estimate of drug-likeness (QED) is 0.453. The molecule has 0 bridgehead atoms. The molecule has 3 aliphatic rings. The van der Waals surface area contributed by atoms with Gasteiger partial charge in [-0.1, -0.05) is 4.99 Å². The Kier molecular flexibility index (Phi) is 5.56. The maximum absolute atomic E-state index is 13.1. The molecule has 1 atom stereocenters. The number of morpholine rings is 1. The topological polar surface area (TPSA) is 101 Å². The van der Waals surface area contributed by atoms with Gasteiger partial charge in [0.25, 0.3) is 5.91 Å². The molecule has 3 amide bonds. The van der Waals surface area contributed by atoms with Crippen molar-refractivity contribution >= 4 is 29.7 Å². The summed E-state index contributed by atoms with van der Waals surface area (Å²) in [5, 5.41) is 0. The fourth-order valence-electron chi connectivity index (χ4n) is 4.12. The van der Waals surface area contributed by atoms with E-state index in [0.717, 1.165) is 56.4 Å². The van der Waals surface area contributed by atoms with Crippen molar-refractivity contribution < 1.29 is 28.4 Å². The van der Waals surface area contributed by atoms with Crippen molar-refractivity contribution in [1.29, 1.82) is 0 Å². The first-order chi connectivity index (χ1) is 14.4. The molecule has 0 spiro atoms. The van der Waals surface area contributed by atoms with E-state index in [0.29, 0.717) is 11.8 Å². The summed E-state index contributed by atoms with van der Waals surface area (Å²) in [4.78, 5) is 46.6. The minimum Gasteiger partial charge on any atom is -0.468 e. The number of rotatable bonds is 6. The van der Waals surface area contributed by atoms with Crippen molar-refractivity contribution in [2.45, 2.75) is 25.9 Å². The zero-order chi connectivity index (χ0) is 21.4. The van der Waals surface area contributed by atoms with Crippen LogP contribution < -0.4 is 4.57 Å². The van der Waals surface area contributed by atoms with Gasteiger partial charge in [-0.05, 0) is 13.3 Å². The number of amides is 3. The number of aliphatic imine (C=N–C) groups is 1. The van der Waals surface area contributed by atoms with E-state index in [1.165, 1.54) is 12.0 Å². The summed E-state index contributed by atoms with van der Waals surface area (Å²) >= 11 is 0. The van der Waals surface area contributed by atoms with Crippen LogP contribution in [0.3, 0.4) is 0 Å². The molecule has 1 aromatic rings. The number of methoxy groups -OCH3 is 1. The highest BCUT2D eigenvalue weighted by Crippen LogP contribution is 2.29. The van der Waals surface area contributed by atoms with Gasteiger partial charge in [-0.3, -0.25) is 19.4 Å². The zero-order valence-electron chi connectivity index (χ0n) is 17.5. The number of urea groups is 1. The Bertz CT molecular complexity index is 903. The molecular formula is C19H27N6O5+. The molecule has 162 valence electrons. The fourth-order valence-corrected chi connectivity index (χ4v) is 4.12. The van der Waals surface area contributed by atoms with Crippen LogP contribution >= 0.6 is 0 Å². The molecule has 2 fully saturated rings. The third-order valence-corrected chi connectivity index (χ3v) is 5.80. The molecule has 1 aromatic heterocycles. The number of esters is 1. The number of hydrogen-bond acceptors (Lipinski definition) is 7. The highest BCUT2D eigenvalue weighted by atomic mass is 16.5. The Morgan fingerprint density at radius 1 is 1.30 bits per heavy atom. The van der Waals surface area contributed by atoms with E-state index in [1.54, 1.807) is 11.6 Å². The van der Waals surface area contributed by atoms with Crippen molar-refractivity contribution in [3.63, 3.8) is 0 Å². The van der Waals surface area contributed by atoms with Gasteiger partial charge in [0.15, 0.2) is 0 Å². The van der Waals surface area contributed by atoms with Crippen molar-refractivity contribution in [2.24, 2.45) is 4.99 Å². The number of aromatic nitrogens is 2. The minimum absolute atomic E-state index is 0.378. The highest BCUT2D eigenvalue weighted by Gasteiger charge is 2.53. The molecule has 3 aliphatic heterocycles. The maximum Gasteiger partial charge on any atom is 0.401 e. The number of aryl methyl sites for hydroxylation is 1. The molecule has 4 heterocycles. The standard InChI is InChI=1S/C19H27N6O5/c1-13-11-24-15-16(21(2)19(28)25(17(15)27)12-14(26)29-3)20-18(24)23(13)6-4-5-22-7-9-30-10-8-22/h11,15H,4-10,12H2,1-3H3/q+1. The van der Waals surface area contributed by atoms with Crippen molar-refractivity contribution in [3.8, 4) is 0 Å². The lowest BCUT2D eigenvalue weighted by Gasteiger charge is -2.32. The van der Waals surface area contributed by atoms with Crippen LogP contribution in [0, 0.1) is 6.92 Å². The minimum atomic E-state index is -0.758. The number of ether oxygens (including phenoxy) is 2. The lowest BCUT2D eigenvalue weighted by atomic mass is 10.1. The Morgan fingerprint density at radius 2 is 2.03 bits per heavy atom. The smallest absolute Gasteiger partial charge is 0.401 e. The molecule has 0 N–H and O–H groups in total. The molecule has 0 radical (unpaired) electrons. The highest BCUT2D eigenvalue weighted by molar-refractivity contribution is 6.19. The second kappa shape index (κ2) is 8.15. The first-order valence-corrected chi connectivity index (χ1v) is 10.1. The van der Waals surface area contributed by atoms with Gasteiger partial charge in [0.2, 0.25) is 11.9 Å². The number of likely N-dealkylation sites (N-methyl/N-ethyl adjacent to an activating group) is 1. The normalized spacial score (nSPS) is 21.6. The molecule has 11 heteroatoms. The monoisotopic (exact) mass is 419 g/mol. The van der Waals surface area contributed by atoms with Gasteiger partial charge in [0, 0.05) is 26.7 Å². The number of carbonyl (C=O) groups is 3. The molecular weight excluding hydrogens is 392 g/mol. The molecule has 1 unspecified atom stereocenters. The first-order valence-electron chi connectivity index (χ1n) is 10.1. The van der Waals surface area contributed by atoms with Crippen LogP contribution in [0.2, 0.25) is 0 Å². The summed E-state index contributed by atoms with van der Waals surface area (Å²) in [5.74, 6) is -0.104. The Labute approximate surface area is 174 Å². The van der Waals surface area contributed by atoms with Crippen LogP contribution in [0.25, 0.3) is 0 Å².